The molecule has 1 spiro atoms. The van der Waals surface area contributed by atoms with Crippen LogP contribution in [0.5, 0.6) is 0 Å². The summed E-state index contributed by atoms with van der Waals surface area (Å²) in [6.07, 6.45) is 1.82. The Morgan fingerprint density at radius 1 is 1.06 bits per heavy atom. The minimum absolute atomic E-state index is 0.304. The zero-order chi connectivity index (χ0) is 22.7. The normalized spacial score (nSPS) is 17.8. The van der Waals surface area contributed by atoms with E-state index in [0.29, 0.717) is 22.7 Å². The van der Waals surface area contributed by atoms with Gasteiger partial charge in [0.15, 0.2) is 0 Å². The van der Waals surface area contributed by atoms with Crippen LogP contribution in [0.4, 0.5) is 11.4 Å². The number of hydrogen-bond donors (Lipinski definition) is 4. The largest absolute Gasteiger partial charge is 0.371 e. The number of hydrogen-bond acceptors (Lipinski definition) is 5. The van der Waals surface area contributed by atoms with Crippen LogP contribution in [0, 0.1) is 0 Å². The van der Waals surface area contributed by atoms with E-state index in [1.165, 1.54) is 0 Å². The molecule has 2 aromatic carbocycles. The standard InChI is InChI=1S/C23H26ClN5O2S/c1-25-20(30)16-11-18-19(12-17(16)21(31)26-2)29-23(6-8-32-9-7-23)22(28-18)27-13-14-4-3-5-15(24)10-14/h3-5,10-12,29H,6-9,13H2,1-2H3,(H,25,30)(H,26,31)(H,27,28). The van der Waals surface area contributed by atoms with E-state index in [0.717, 1.165) is 47.1 Å². The van der Waals surface area contributed by atoms with Gasteiger partial charge in [0.1, 0.15) is 5.84 Å². The van der Waals surface area contributed by atoms with E-state index >= 15 is 0 Å². The molecule has 168 valence electrons. The molecule has 2 aromatic rings. The summed E-state index contributed by atoms with van der Waals surface area (Å²) < 4.78 is 0. The van der Waals surface area contributed by atoms with Crippen LogP contribution in [-0.4, -0.2) is 48.8 Å². The van der Waals surface area contributed by atoms with E-state index in [1.807, 2.05) is 36.0 Å². The highest BCUT2D eigenvalue weighted by Gasteiger charge is 2.41. The summed E-state index contributed by atoms with van der Waals surface area (Å²) in [6.45, 7) is 0.493. The molecule has 1 saturated heterocycles. The lowest BCUT2D eigenvalue weighted by Gasteiger charge is -2.44. The maximum absolute atomic E-state index is 12.5. The first-order valence-electron chi connectivity index (χ1n) is 10.5. The van der Waals surface area contributed by atoms with Crippen molar-refractivity contribution >= 4 is 52.4 Å². The van der Waals surface area contributed by atoms with Gasteiger partial charge >= 0.3 is 0 Å². The summed E-state index contributed by atoms with van der Waals surface area (Å²) in [6, 6.07) is 11.1. The summed E-state index contributed by atoms with van der Waals surface area (Å²) in [5, 5.41) is 13.1. The number of nitrogens with one attached hydrogen (secondary N) is 4. The lowest BCUT2D eigenvalue weighted by molar-refractivity contribution is 0.0929. The molecule has 0 atom stereocenters. The molecule has 2 aliphatic heterocycles. The second-order valence-electron chi connectivity index (χ2n) is 7.84. The molecule has 0 radical (unpaired) electrons. The minimum atomic E-state index is -0.342. The van der Waals surface area contributed by atoms with E-state index < -0.39 is 0 Å². The first kappa shape index (κ1) is 22.5. The van der Waals surface area contributed by atoms with Crippen LogP contribution >= 0.6 is 23.4 Å². The van der Waals surface area contributed by atoms with Crippen molar-refractivity contribution in [1.29, 1.82) is 0 Å². The SMILES string of the molecule is CNC(=O)c1cc2c(cc1C(=O)NC)NC1(CCSCC1)C(=NCc1cccc(Cl)c1)N2. The van der Waals surface area contributed by atoms with E-state index in [2.05, 4.69) is 21.3 Å². The Balaban J connectivity index is 1.76. The molecular formula is C23H26ClN5O2S. The Kier molecular flexibility index (Phi) is 6.62. The van der Waals surface area contributed by atoms with Crippen LogP contribution in [0.3, 0.4) is 0 Å². The summed E-state index contributed by atoms with van der Waals surface area (Å²) in [5.74, 6) is 2.25. The zero-order valence-corrected chi connectivity index (χ0v) is 19.6. The third-order valence-electron chi connectivity index (χ3n) is 5.84. The van der Waals surface area contributed by atoms with Crippen LogP contribution in [0.25, 0.3) is 0 Å². The monoisotopic (exact) mass is 471 g/mol. The van der Waals surface area contributed by atoms with Gasteiger partial charge in [0.25, 0.3) is 11.8 Å². The Labute approximate surface area is 196 Å². The molecule has 1 fully saturated rings. The van der Waals surface area contributed by atoms with Crippen LogP contribution < -0.4 is 21.3 Å². The van der Waals surface area contributed by atoms with E-state index in [4.69, 9.17) is 16.6 Å². The van der Waals surface area contributed by atoms with Crippen molar-refractivity contribution in [2.24, 2.45) is 4.99 Å². The van der Waals surface area contributed by atoms with Crippen molar-refractivity contribution < 1.29 is 9.59 Å². The van der Waals surface area contributed by atoms with Crippen molar-refractivity contribution in [3.05, 3.63) is 58.1 Å². The average molecular weight is 472 g/mol. The topological polar surface area (TPSA) is 94.6 Å². The Morgan fingerprint density at radius 3 is 2.34 bits per heavy atom. The minimum Gasteiger partial charge on any atom is -0.371 e. The third kappa shape index (κ3) is 4.42. The third-order valence-corrected chi connectivity index (χ3v) is 7.06. The summed E-state index contributed by atoms with van der Waals surface area (Å²) >= 11 is 8.06. The van der Waals surface area contributed by atoms with Gasteiger partial charge in [0.05, 0.1) is 34.6 Å². The molecule has 0 bridgehead atoms. The first-order valence-corrected chi connectivity index (χ1v) is 12.0. The predicted octanol–water partition coefficient (Wildman–Crippen LogP) is 3.76. The maximum Gasteiger partial charge on any atom is 0.251 e. The second kappa shape index (κ2) is 9.42. The molecule has 4 rings (SSSR count). The molecular weight excluding hydrogens is 446 g/mol. The number of amides is 2. The molecule has 2 amide bonds. The molecule has 2 aliphatic rings. The van der Waals surface area contributed by atoms with E-state index in [1.54, 1.807) is 26.2 Å². The number of carbonyl (C=O) groups is 2. The van der Waals surface area contributed by atoms with Crippen molar-refractivity contribution in [2.75, 3.05) is 36.2 Å². The fraction of sp³-hybridized carbons (Fsp3) is 0.348. The van der Waals surface area contributed by atoms with E-state index in [9.17, 15) is 9.59 Å². The predicted molar refractivity (Wildman–Crippen MR) is 132 cm³/mol. The fourth-order valence-corrected chi connectivity index (χ4v) is 5.50. The molecule has 0 aromatic heterocycles. The number of fused-ring (bicyclic) bond motifs is 1. The van der Waals surface area contributed by atoms with Crippen LogP contribution in [0.1, 0.15) is 39.1 Å². The Bertz CT molecular complexity index is 1080. The molecule has 0 aliphatic carbocycles. The number of aliphatic imine (C=N–C) groups is 1. The number of nitrogens with zero attached hydrogens (tertiary/aromatic N) is 1. The van der Waals surface area contributed by atoms with Crippen molar-refractivity contribution in [3.63, 3.8) is 0 Å². The van der Waals surface area contributed by atoms with Gasteiger partial charge in [-0.2, -0.15) is 11.8 Å². The number of carbonyl (C=O) groups excluding carboxylic acids is 2. The maximum atomic E-state index is 12.5. The molecule has 0 saturated carbocycles. The highest BCUT2D eigenvalue weighted by atomic mass is 35.5. The van der Waals surface area contributed by atoms with Crippen molar-refractivity contribution in [3.8, 4) is 0 Å². The molecule has 7 nitrogen and oxygen atoms in total. The van der Waals surface area contributed by atoms with Gasteiger partial charge < -0.3 is 21.3 Å². The first-order chi connectivity index (χ1) is 15.5. The summed E-state index contributed by atoms with van der Waals surface area (Å²) in [5.41, 5.74) is 2.85. The summed E-state index contributed by atoms with van der Waals surface area (Å²) in [4.78, 5) is 29.9. The van der Waals surface area contributed by atoms with Crippen LogP contribution in [0.15, 0.2) is 41.4 Å². The van der Waals surface area contributed by atoms with Gasteiger partial charge in [0.2, 0.25) is 0 Å². The molecule has 9 heteroatoms. The molecule has 0 unspecified atom stereocenters. The highest BCUT2D eigenvalue weighted by Crippen LogP contribution is 2.40. The lowest BCUT2D eigenvalue weighted by atomic mass is 9.87. The number of thioether (sulfide) groups is 1. The van der Waals surface area contributed by atoms with Gasteiger partial charge in [-0.1, -0.05) is 23.7 Å². The zero-order valence-electron chi connectivity index (χ0n) is 18.0. The number of benzene rings is 2. The molecule has 4 N–H and O–H groups in total. The van der Waals surface area contributed by atoms with Gasteiger partial charge in [-0.05, 0) is 54.2 Å². The average Bonchev–Trinajstić information content (AvgIpc) is 2.81. The lowest BCUT2D eigenvalue weighted by Crippen LogP contribution is -2.54. The number of anilines is 2. The fourth-order valence-electron chi connectivity index (χ4n) is 4.09. The van der Waals surface area contributed by atoms with Gasteiger partial charge in [0, 0.05) is 19.1 Å². The molecule has 32 heavy (non-hydrogen) atoms. The number of amidine groups is 1. The van der Waals surface area contributed by atoms with E-state index in [-0.39, 0.29) is 17.4 Å². The smallest absolute Gasteiger partial charge is 0.251 e. The highest BCUT2D eigenvalue weighted by molar-refractivity contribution is 7.99. The Morgan fingerprint density at radius 2 is 1.72 bits per heavy atom. The number of rotatable bonds is 4. The van der Waals surface area contributed by atoms with Gasteiger partial charge in [-0.3, -0.25) is 14.6 Å². The second-order valence-corrected chi connectivity index (χ2v) is 9.50. The van der Waals surface area contributed by atoms with Crippen molar-refractivity contribution in [1.82, 2.24) is 10.6 Å². The Hall–Kier alpha value is -2.71. The van der Waals surface area contributed by atoms with Gasteiger partial charge in [-0.25, -0.2) is 0 Å². The van der Waals surface area contributed by atoms with Crippen LogP contribution in [0.2, 0.25) is 5.02 Å². The van der Waals surface area contributed by atoms with Crippen LogP contribution in [-0.2, 0) is 6.54 Å². The number of halogens is 1. The van der Waals surface area contributed by atoms with Gasteiger partial charge in [-0.15, -0.1) is 0 Å². The molecule has 2 heterocycles. The summed E-state index contributed by atoms with van der Waals surface area (Å²) in [7, 11) is 3.11. The van der Waals surface area contributed by atoms with Crippen molar-refractivity contribution in [2.45, 2.75) is 24.9 Å². The quantitative estimate of drug-likeness (QED) is 0.544.